The van der Waals surface area contributed by atoms with Crippen molar-refractivity contribution in [2.24, 2.45) is 5.73 Å². The van der Waals surface area contributed by atoms with Gasteiger partial charge in [-0.3, -0.25) is 0 Å². The van der Waals surface area contributed by atoms with Crippen LogP contribution in [0.5, 0.6) is 0 Å². The number of aromatic nitrogens is 2. The Bertz CT molecular complexity index is 524. The first-order chi connectivity index (χ1) is 8.66. The number of aryl methyl sites for hydroxylation is 2. The zero-order valence-corrected chi connectivity index (χ0v) is 9.61. The number of nitrogens with two attached hydrogens (primary N) is 1. The third kappa shape index (κ3) is 2.92. The summed E-state index contributed by atoms with van der Waals surface area (Å²) in [7, 11) is 0. The van der Waals surface area contributed by atoms with E-state index in [-0.39, 0.29) is 5.89 Å². The number of rotatable bonds is 5. The quantitative estimate of drug-likeness (QED) is 0.815. The molecular weight excluding hydrogens is 234 g/mol. The van der Waals surface area contributed by atoms with Crippen LogP contribution in [0.3, 0.4) is 0 Å². The van der Waals surface area contributed by atoms with Gasteiger partial charge < -0.3 is 15.3 Å². The van der Waals surface area contributed by atoms with Gasteiger partial charge in [-0.1, -0.05) is 30.3 Å². The number of hydrogen-bond donors (Lipinski definition) is 2. The molecule has 0 aliphatic heterocycles. The summed E-state index contributed by atoms with van der Waals surface area (Å²) >= 11 is 0. The smallest absolute Gasteiger partial charge is 0.330 e. The highest BCUT2D eigenvalue weighted by Crippen LogP contribution is 2.11. The molecule has 0 radical (unpaired) electrons. The van der Waals surface area contributed by atoms with Crippen LogP contribution in [0.15, 0.2) is 34.7 Å². The van der Waals surface area contributed by atoms with E-state index in [9.17, 15) is 4.79 Å². The zero-order valence-electron chi connectivity index (χ0n) is 9.61. The van der Waals surface area contributed by atoms with Gasteiger partial charge in [-0.15, -0.1) is 10.2 Å². The van der Waals surface area contributed by atoms with Gasteiger partial charge in [0, 0.05) is 6.42 Å². The molecule has 0 aliphatic rings. The fourth-order valence-electron chi connectivity index (χ4n) is 1.49. The van der Waals surface area contributed by atoms with E-state index in [0.717, 1.165) is 12.0 Å². The van der Waals surface area contributed by atoms with Crippen molar-refractivity contribution in [2.75, 3.05) is 0 Å². The van der Waals surface area contributed by atoms with Crippen LogP contribution in [-0.4, -0.2) is 21.3 Å². The van der Waals surface area contributed by atoms with Crippen LogP contribution in [-0.2, 0) is 17.6 Å². The summed E-state index contributed by atoms with van der Waals surface area (Å²) in [6, 6.07) is 8.59. The number of benzene rings is 1. The number of nitrogens with zero attached hydrogens (tertiary/aromatic N) is 2. The number of aliphatic carboxylic acids is 1. The molecule has 2 rings (SSSR count). The Labute approximate surface area is 103 Å². The van der Waals surface area contributed by atoms with Gasteiger partial charge in [-0.05, 0) is 12.0 Å². The molecule has 0 amide bonds. The molecular formula is C12H13N3O3. The fourth-order valence-corrected chi connectivity index (χ4v) is 1.49. The fraction of sp³-hybridized carbons (Fsp3) is 0.250. The SMILES string of the molecule is NC(C(=O)O)c1nnc(CCc2ccccc2)o1. The minimum atomic E-state index is -1.26. The van der Waals surface area contributed by atoms with Crippen LogP contribution in [0.1, 0.15) is 23.4 Å². The van der Waals surface area contributed by atoms with Crippen molar-refractivity contribution in [3.05, 3.63) is 47.7 Å². The molecule has 0 aliphatic carbocycles. The monoisotopic (exact) mass is 247 g/mol. The third-order valence-corrected chi connectivity index (χ3v) is 2.48. The second kappa shape index (κ2) is 5.42. The normalized spacial score (nSPS) is 12.3. The highest BCUT2D eigenvalue weighted by atomic mass is 16.4. The standard InChI is InChI=1S/C12H13N3O3/c13-10(12(16)17)11-15-14-9(18-11)7-6-8-4-2-1-3-5-8/h1-5,10H,6-7,13H2,(H,16,17). The molecule has 0 bridgehead atoms. The average Bonchev–Trinajstić information content (AvgIpc) is 2.85. The van der Waals surface area contributed by atoms with Crippen molar-refractivity contribution < 1.29 is 14.3 Å². The Hall–Kier alpha value is -2.21. The van der Waals surface area contributed by atoms with Crippen LogP contribution >= 0.6 is 0 Å². The van der Waals surface area contributed by atoms with Gasteiger partial charge in [-0.2, -0.15) is 0 Å². The topological polar surface area (TPSA) is 102 Å². The first-order valence-corrected chi connectivity index (χ1v) is 5.51. The summed E-state index contributed by atoms with van der Waals surface area (Å²) in [6.07, 6.45) is 1.31. The average molecular weight is 247 g/mol. The van der Waals surface area contributed by atoms with Crippen LogP contribution in [0.2, 0.25) is 0 Å². The Kier molecular flexibility index (Phi) is 3.69. The van der Waals surface area contributed by atoms with Crippen molar-refractivity contribution in [3.63, 3.8) is 0 Å². The molecule has 94 valence electrons. The Balaban J connectivity index is 1.97. The molecule has 1 heterocycles. The van der Waals surface area contributed by atoms with Gasteiger partial charge in [0.1, 0.15) is 0 Å². The number of carboxylic acid groups (broad SMARTS) is 1. The lowest BCUT2D eigenvalue weighted by Gasteiger charge is -1.99. The van der Waals surface area contributed by atoms with E-state index >= 15 is 0 Å². The molecule has 1 aromatic heterocycles. The molecule has 0 fully saturated rings. The minimum Gasteiger partial charge on any atom is -0.480 e. The molecule has 0 saturated carbocycles. The van der Waals surface area contributed by atoms with Crippen LogP contribution in [0, 0.1) is 0 Å². The zero-order chi connectivity index (χ0) is 13.0. The van der Waals surface area contributed by atoms with Crippen molar-refractivity contribution >= 4 is 5.97 Å². The molecule has 0 saturated heterocycles. The number of hydrogen-bond acceptors (Lipinski definition) is 5. The lowest BCUT2D eigenvalue weighted by atomic mass is 10.1. The molecule has 1 unspecified atom stereocenters. The highest BCUT2D eigenvalue weighted by molar-refractivity contribution is 5.73. The van der Waals surface area contributed by atoms with Gasteiger partial charge in [0.05, 0.1) is 0 Å². The summed E-state index contributed by atoms with van der Waals surface area (Å²) in [5, 5.41) is 16.1. The van der Waals surface area contributed by atoms with Gasteiger partial charge in [0.2, 0.25) is 11.8 Å². The van der Waals surface area contributed by atoms with Crippen LogP contribution < -0.4 is 5.73 Å². The van der Waals surface area contributed by atoms with Gasteiger partial charge >= 0.3 is 5.97 Å². The second-order valence-electron chi connectivity index (χ2n) is 3.84. The lowest BCUT2D eigenvalue weighted by molar-refractivity contribution is -0.139. The molecule has 1 aromatic carbocycles. The molecule has 6 nitrogen and oxygen atoms in total. The second-order valence-corrected chi connectivity index (χ2v) is 3.84. The van der Waals surface area contributed by atoms with E-state index in [1.54, 1.807) is 0 Å². The molecule has 2 aromatic rings. The van der Waals surface area contributed by atoms with E-state index in [0.29, 0.717) is 12.3 Å². The van der Waals surface area contributed by atoms with Crippen LogP contribution in [0.25, 0.3) is 0 Å². The molecule has 3 N–H and O–H groups in total. The molecule has 6 heteroatoms. The van der Waals surface area contributed by atoms with Gasteiger partial charge in [-0.25, -0.2) is 4.79 Å². The first-order valence-electron chi connectivity index (χ1n) is 5.51. The summed E-state index contributed by atoms with van der Waals surface area (Å²) in [5.41, 5.74) is 6.52. The van der Waals surface area contributed by atoms with E-state index in [1.165, 1.54) is 0 Å². The van der Waals surface area contributed by atoms with E-state index in [2.05, 4.69) is 10.2 Å². The Morgan fingerprint density at radius 2 is 2.00 bits per heavy atom. The summed E-state index contributed by atoms with van der Waals surface area (Å²) < 4.78 is 5.20. The van der Waals surface area contributed by atoms with E-state index < -0.39 is 12.0 Å². The summed E-state index contributed by atoms with van der Waals surface area (Å²) in [5.74, 6) is -0.857. The summed E-state index contributed by atoms with van der Waals surface area (Å²) in [4.78, 5) is 10.6. The number of carboxylic acids is 1. The van der Waals surface area contributed by atoms with Crippen LogP contribution in [0.4, 0.5) is 0 Å². The minimum absolute atomic E-state index is 0.0643. The number of carbonyl (C=O) groups is 1. The maximum atomic E-state index is 10.6. The first kappa shape index (κ1) is 12.3. The molecule has 0 spiro atoms. The highest BCUT2D eigenvalue weighted by Gasteiger charge is 2.21. The summed E-state index contributed by atoms with van der Waals surface area (Å²) in [6.45, 7) is 0. The van der Waals surface area contributed by atoms with Gasteiger partial charge in [0.25, 0.3) is 0 Å². The lowest BCUT2D eigenvalue weighted by Crippen LogP contribution is -2.20. The maximum Gasteiger partial charge on any atom is 0.330 e. The van der Waals surface area contributed by atoms with Crippen molar-refractivity contribution in [1.29, 1.82) is 0 Å². The largest absolute Gasteiger partial charge is 0.480 e. The van der Waals surface area contributed by atoms with Crippen molar-refractivity contribution in [2.45, 2.75) is 18.9 Å². The predicted octanol–water partition coefficient (Wildman–Crippen LogP) is 0.939. The Morgan fingerprint density at radius 3 is 2.67 bits per heavy atom. The van der Waals surface area contributed by atoms with E-state index in [4.69, 9.17) is 15.3 Å². The van der Waals surface area contributed by atoms with E-state index in [1.807, 2.05) is 30.3 Å². The Morgan fingerprint density at radius 1 is 1.28 bits per heavy atom. The van der Waals surface area contributed by atoms with Crippen molar-refractivity contribution in [3.8, 4) is 0 Å². The van der Waals surface area contributed by atoms with Gasteiger partial charge in [0.15, 0.2) is 6.04 Å². The molecule has 1 atom stereocenters. The predicted molar refractivity (Wildman–Crippen MR) is 62.7 cm³/mol. The molecule has 18 heavy (non-hydrogen) atoms. The maximum absolute atomic E-state index is 10.6. The third-order valence-electron chi connectivity index (χ3n) is 2.48. The van der Waals surface area contributed by atoms with Crippen molar-refractivity contribution in [1.82, 2.24) is 10.2 Å².